The van der Waals surface area contributed by atoms with Crippen molar-refractivity contribution in [2.24, 2.45) is 0 Å². The molecule has 218 valence electrons. The van der Waals surface area contributed by atoms with E-state index in [2.05, 4.69) is 50.2 Å². The molecule has 43 heavy (non-hydrogen) atoms. The van der Waals surface area contributed by atoms with Crippen molar-refractivity contribution in [3.05, 3.63) is 78.5 Å². The summed E-state index contributed by atoms with van der Waals surface area (Å²) in [5.74, 6) is 2.16. The monoisotopic (exact) mass is 612 g/mol. The number of aromatic nitrogens is 9. The molecule has 0 spiro atoms. The zero-order valence-electron chi connectivity index (χ0n) is 23.2. The van der Waals surface area contributed by atoms with E-state index < -0.39 is 0 Å². The van der Waals surface area contributed by atoms with E-state index in [0.717, 1.165) is 64.4 Å². The van der Waals surface area contributed by atoms with Crippen LogP contribution < -0.4 is 10.6 Å². The SMILES string of the molecule is Cc1sc(Nc2ccccn2)nc1-c1cnn(C(=O)N2CCCCC2)c1.c1ccc(Nc2nc(-c3cn[nH]c3)ns2)nc1. The quantitative estimate of drug-likeness (QED) is 0.205. The molecule has 0 aromatic carbocycles. The third-order valence-corrected chi connectivity index (χ3v) is 7.97. The lowest BCUT2D eigenvalue weighted by atomic mass is 10.1. The fourth-order valence-electron chi connectivity index (χ4n) is 4.35. The average molecular weight is 613 g/mol. The molecule has 7 heterocycles. The van der Waals surface area contributed by atoms with Crippen molar-refractivity contribution in [3.63, 3.8) is 0 Å². The highest BCUT2D eigenvalue weighted by Crippen LogP contribution is 2.31. The lowest BCUT2D eigenvalue weighted by Gasteiger charge is -2.25. The topological polar surface area (TPSA) is 155 Å². The van der Waals surface area contributed by atoms with Gasteiger partial charge in [0, 0.05) is 59.8 Å². The maximum Gasteiger partial charge on any atom is 0.344 e. The molecular weight excluding hydrogens is 585 g/mol. The van der Waals surface area contributed by atoms with Gasteiger partial charge in [-0.3, -0.25) is 5.10 Å². The molecule has 0 radical (unpaired) electrons. The second-order valence-electron chi connectivity index (χ2n) is 9.52. The van der Waals surface area contributed by atoms with Gasteiger partial charge in [0.05, 0.1) is 23.7 Å². The number of aryl methyl sites for hydroxylation is 1. The Hall–Kier alpha value is -5.02. The van der Waals surface area contributed by atoms with E-state index in [0.29, 0.717) is 11.0 Å². The highest BCUT2D eigenvalue weighted by Gasteiger charge is 2.20. The van der Waals surface area contributed by atoms with Gasteiger partial charge in [-0.25, -0.2) is 19.7 Å². The van der Waals surface area contributed by atoms with Gasteiger partial charge in [0.2, 0.25) is 5.13 Å². The number of carbonyl (C=O) groups excluding carboxylic acids is 1. The maximum absolute atomic E-state index is 12.6. The third kappa shape index (κ3) is 7.07. The molecule has 1 amide bonds. The van der Waals surface area contributed by atoms with E-state index in [1.165, 1.54) is 22.6 Å². The minimum atomic E-state index is -0.0596. The van der Waals surface area contributed by atoms with Crippen LogP contribution in [-0.2, 0) is 0 Å². The number of anilines is 4. The molecule has 13 nitrogen and oxygen atoms in total. The molecule has 0 bridgehead atoms. The number of nitrogens with zero attached hydrogens (tertiary/aromatic N) is 9. The zero-order chi connectivity index (χ0) is 29.4. The maximum atomic E-state index is 12.6. The summed E-state index contributed by atoms with van der Waals surface area (Å²) in [6, 6.07) is 11.3. The first-order valence-corrected chi connectivity index (χ1v) is 15.2. The van der Waals surface area contributed by atoms with Crippen LogP contribution in [0.25, 0.3) is 22.6 Å². The lowest BCUT2D eigenvalue weighted by molar-refractivity contribution is 0.185. The van der Waals surface area contributed by atoms with Gasteiger partial charge >= 0.3 is 6.03 Å². The zero-order valence-corrected chi connectivity index (χ0v) is 24.8. The molecule has 1 aliphatic heterocycles. The standard InChI is InChI=1S/C18H20N6OS.C10H8N6S/c1-13-16(22-17(26-13)21-15-7-3-4-8-19-15)14-11-20-24(12-14)18(25)23-9-5-2-6-10-23;1-2-4-11-8(3-1)14-10-15-9(16-17-10)7-5-12-13-6-7/h3-4,7-8,11-12H,2,5-6,9-10H2,1H3,(H,19,21,22);1-6H,(H,12,13)(H,11,14,15,16). The van der Waals surface area contributed by atoms with Crippen molar-refractivity contribution in [1.29, 1.82) is 0 Å². The van der Waals surface area contributed by atoms with Crippen LogP contribution in [0.4, 0.5) is 26.7 Å². The molecule has 1 aliphatic rings. The van der Waals surface area contributed by atoms with Crippen molar-refractivity contribution in [2.45, 2.75) is 26.2 Å². The number of piperidine rings is 1. The summed E-state index contributed by atoms with van der Waals surface area (Å²) in [6.07, 6.45) is 13.7. The molecule has 7 rings (SSSR count). The molecule has 0 unspecified atom stereocenters. The Kier molecular flexibility index (Phi) is 8.70. The van der Waals surface area contributed by atoms with Crippen molar-refractivity contribution in [2.75, 3.05) is 23.7 Å². The molecule has 1 fully saturated rings. The second-order valence-corrected chi connectivity index (χ2v) is 11.5. The van der Waals surface area contributed by atoms with Crippen molar-refractivity contribution >= 4 is 50.8 Å². The van der Waals surface area contributed by atoms with Gasteiger partial charge in [0.15, 0.2) is 11.0 Å². The Morgan fingerprint density at radius 3 is 2.33 bits per heavy atom. The highest BCUT2D eigenvalue weighted by molar-refractivity contribution is 7.16. The van der Waals surface area contributed by atoms with Crippen LogP contribution in [0.3, 0.4) is 0 Å². The fraction of sp³-hybridized carbons (Fsp3) is 0.214. The summed E-state index contributed by atoms with van der Waals surface area (Å²) in [7, 11) is 0. The van der Waals surface area contributed by atoms with E-state index in [-0.39, 0.29) is 6.03 Å². The van der Waals surface area contributed by atoms with E-state index in [1.54, 1.807) is 48.5 Å². The van der Waals surface area contributed by atoms with Crippen LogP contribution in [0.2, 0.25) is 0 Å². The summed E-state index contributed by atoms with van der Waals surface area (Å²) >= 11 is 2.84. The Bertz CT molecular complexity index is 1740. The van der Waals surface area contributed by atoms with Gasteiger partial charge in [-0.1, -0.05) is 12.1 Å². The van der Waals surface area contributed by atoms with E-state index in [1.807, 2.05) is 48.2 Å². The molecule has 1 saturated heterocycles. The molecule has 6 aromatic rings. The van der Waals surface area contributed by atoms with E-state index in [9.17, 15) is 4.79 Å². The van der Waals surface area contributed by atoms with Gasteiger partial charge in [-0.15, -0.1) is 11.3 Å². The molecular formula is C28H28N12OS2. The normalized spacial score (nSPS) is 12.8. The smallest absolute Gasteiger partial charge is 0.323 e. The molecule has 0 atom stereocenters. The Balaban J connectivity index is 0.000000167. The largest absolute Gasteiger partial charge is 0.344 e. The summed E-state index contributed by atoms with van der Waals surface area (Å²) in [5.41, 5.74) is 2.56. The van der Waals surface area contributed by atoms with Crippen LogP contribution >= 0.6 is 22.9 Å². The second kappa shape index (κ2) is 13.3. The van der Waals surface area contributed by atoms with Gasteiger partial charge in [-0.05, 0) is 50.5 Å². The molecule has 3 N–H and O–H groups in total. The third-order valence-electron chi connectivity index (χ3n) is 6.46. The van der Waals surface area contributed by atoms with Crippen molar-refractivity contribution in [3.8, 4) is 22.6 Å². The van der Waals surface area contributed by atoms with Gasteiger partial charge in [0.25, 0.3) is 0 Å². The van der Waals surface area contributed by atoms with Gasteiger partial charge < -0.3 is 15.5 Å². The number of likely N-dealkylation sites (tertiary alicyclic amines) is 1. The Labute approximate surface area is 255 Å². The Morgan fingerprint density at radius 1 is 0.907 bits per heavy atom. The van der Waals surface area contributed by atoms with Crippen LogP contribution in [0.1, 0.15) is 24.1 Å². The minimum absolute atomic E-state index is 0.0596. The number of carbonyl (C=O) groups is 1. The number of amides is 1. The summed E-state index contributed by atoms with van der Waals surface area (Å²) in [6.45, 7) is 3.63. The Morgan fingerprint density at radius 2 is 1.65 bits per heavy atom. The van der Waals surface area contributed by atoms with E-state index >= 15 is 0 Å². The predicted octanol–water partition coefficient (Wildman–Crippen LogP) is 5.97. The number of aromatic amines is 1. The first-order valence-electron chi connectivity index (χ1n) is 13.6. The first-order chi connectivity index (χ1) is 21.1. The predicted molar refractivity (Wildman–Crippen MR) is 167 cm³/mol. The number of hydrogen-bond donors (Lipinski definition) is 3. The number of H-pyrrole nitrogens is 1. The molecule has 15 heteroatoms. The van der Waals surface area contributed by atoms with Crippen LogP contribution in [0, 0.1) is 6.92 Å². The number of nitrogens with one attached hydrogen (secondary N) is 3. The van der Waals surface area contributed by atoms with Crippen molar-refractivity contribution in [1.82, 2.24) is 49.2 Å². The van der Waals surface area contributed by atoms with Gasteiger partial charge in [-0.2, -0.15) is 24.2 Å². The molecule has 0 aliphatic carbocycles. The highest BCUT2D eigenvalue weighted by atomic mass is 32.1. The fourth-order valence-corrected chi connectivity index (χ4v) is 5.79. The van der Waals surface area contributed by atoms with Crippen LogP contribution in [0.15, 0.2) is 73.6 Å². The first kappa shape index (κ1) is 28.1. The average Bonchev–Trinajstić information content (AvgIpc) is 3.87. The summed E-state index contributed by atoms with van der Waals surface area (Å²) < 4.78 is 5.66. The summed E-state index contributed by atoms with van der Waals surface area (Å²) in [4.78, 5) is 32.9. The van der Waals surface area contributed by atoms with Crippen LogP contribution in [0.5, 0.6) is 0 Å². The number of thiazole rings is 1. The lowest BCUT2D eigenvalue weighted by Crippen LogP contribution is -2.38. The minimum Gasteiger partial charge on any atom is -0.323 e. The van der Waals surface area contributed by atoms with Gasteiger partial charge in [0.1, 0.15) is 11.6 Å². The summed E-state index contributed by atoms with van der Waals surface area (Å²) in [5, 5.41) is 18.6. The van der Waals surface area contributed by atoms with Crippen molar-refractivity contribution < 1.29 is 4.79 Å². The molecule has 0 saturated carbocycles. The molecule has 6 aromatic heterocycles. The number of pyridine rings is 2. The van der Waals surface area contributed by atoms with E-state index in [4.69, 9.17) is 0 Å². The number of rotatable bonds is 6. The number of hydrogen-bond acceptors (Lipinski definition) is 12. The van der Waals surface area contributed by atoms with Crippen LogP contribution in [-0.4, -0.2) is 68.3 Å².